The second-order valence-electron chi connectivity index (χ2n) is 12.9. The lowest BCUT2D eigenvalue weighted by Crippen LogP contribution is -2.10. The maximum Gasteiger partial charge on any atom is 0.0492 e. The number of aromatic nitrogens is 1. The Labute approximate surface area is 279 Å². The molecule has 0 amide bonds. The number of hydrogen-bond acceptors (Lipinski definition) is 2. The van der Waals surface area contributed by atoms with Gasteiger partial charge < -0.3 is 14.4 Å². The Balaban J connectivity index is 1.45. The van der Waals surface area contributed by atoms with Crippen molar-refractivity contribution in [2.45, 2.75) is 54.0 Å². The highest BCUT2D eigenvalue weighted by Gasteiger charge is 2.19. The van der Waals surface area contributed by atoms with Crippen LogP contribution in [0, 0.1) is 27.7 Å². The van der Waals surface area contributed by atoms with Crippen molar-refractivity contribution in [1.82, 2.24) is 4.57 Å². The molecule has 0 aliphatic carbocycles. The van der Waals surface area contributed by atoms with Gasteiger partial charge in [-0.05, 0) is 119 Å². The second-order valence-corrected chi connectivity index (χ2v) is 12.9. The molecule has 0 fully saturated rings. The lowest BCUT2D eigenvalue weighted by atomic mass is 10.1. The minimum Gasteiger partial charge on any atom is -0.340 e. The zero-order chi connectivity index (χ0) is 32.5. The molecule has 0 bridgehead atoms. The maximum absolute atomic E-state index is 2.52. The number of hydrogen-bond donors (Lipinski definition) is 0. The fourth-order valence-electron chi connectivity index (χ4n) is 6.59. The molecule has 0 atom stereocenters. The largest absolute Gasteiger partial charge is 0.340 e. The van der Waals surface area contributed by atoms with Crippen LogP contribution in [0.4, 0.5) is 34.1 Å². The van der Waals surface area contributed by atoms with Gasteiger partial charge in [-0.25, -0.2) is 0 Å². The molecule has 0 aliphatic rings. The lowest BCUT2D eigenvalue weighted by Gasteiger charge is -2.26. The van der Waals surface area contributed by atoms with Crippen LogP contribution in [0.5, 0.6) is 0 Å². The molecular weight excluding hydrogens is 571 g/mol. The molecule has 0 spiro atoms. The van der Waals surface area contributed by atoms with E-state index in [2.05, 4.69) is 182 Å². The van der Waals surface area contributed by atoms with Crippen molar-refractivity contribution in [2.24, 2.45) is 0 Å². The summed E-state index contributed by atoms with van der Waals surface area (Å²) in [6.45, 7) is 11.8. The van der Waals surface area contributed by atoms with E-state index in [4.69, 9.17) is 0 Å². The van der Waals surface area contributed by atoms with Crippen LogP contribution in [0.25, 0.3) is 21.8 Å². The average Bonchev–Trinajstić information content (AvgIpc) is 3.39. The predicted molar refractivity (Wildman–Crippen MR) is 203 cm³/mol. The smallest absolute Gasteiger partial charge is 0.0492 e. The Bertz CT molecular complexity index is 1890. The highest BCUT2D eigenvalue weighted by molar-refractivity contribution is 6.11. The van der Waals surface area contributed by atoms with Crippen LogP contribution in [0.15, 0.2) is 133 Å². The second kappa shape index (κ2) is 12.8. The number of benzene rings is 6. The quantitative estimate of drug-likeness (QED) is 0.160. The third kappa shape index (κ3) is 6.02. The third-order valence-corrected chi connectivity index (χ3v) is 9.25. The van der Waals surface area contributed by atoms with Crippen LogP contribution in [-0.4, -0.2) is 4.57 Å². The average molecular weight is 614 g/mol. The van der Waals surface area contributed by atoms with Crippen molar-refractivity contribution < 1.29 is 0 Å². The highest BCUT2D eigenvalue weighted by atomic mass is 15.1. The molecule has 1 heterocycles. The number of fused-ring (bicyclic) bond motifs is 3. The molecule has 0 unspecified atom stereocenters. The van der Waals surface area contributed by atoms with Crippen LogP contribution < -0.4 is 9.80 Å². The third-order valence-electron chi connectivity index (χ3n) is 9.25. The minimum atomic E-state index is 0.995. The summed E-state index contributed by atoms with van der Waals surface area (Å²) in [7, 11) is 0. The first kappa shape index (κ1) is 30.4. The van der Waals surface area contributed by atoms with E-state index >= 15 is 0 Å². The summed E-state index contributed by atoms with van der Waals surface area (Å²) in [6, 6.07) is 49.4. The molecular formula is C44H43N3. The fraction of sp³-hybridized carbons (Fsp3) is 0.182. The molecule has 0 radical (unpaired) electrons. The molecule has 6 aromatic carbocycles. The minimum absolute atomic E-state index is 0.995. The summed E-state index contributed by atoms with van der Waals surface area (Å²) in [5, 5.41) is 2.54. The molecule has 47 heavy (non-hydrogen) atoms. The number of aryl methyl sites for hydroxylation is 5. The first-order valence-electron chi connectivity index (χ1n) is 16.8. The van der Waals surface area contributed by atoms with Crippen LogP contribution in [-0.2, 0) is 6.54 Å². The van der Waals surface area contributed by atoms with E-state index in [1.165, 1.54) is 44.1 Å². The normalized spacial score (nSPS) is 11.3. The first-order valence-corrected chi connectivity index (χ1v) is 16.8. The van der Waals surface area contributed by atoms with Gasteiger partial charge in [0.25, 0.3) is 0 Å². The SMILES string of the molecule is CCCCn1c2ccc(N(c3ccc(C)cc3)c3ccc(C)cc3)cc2c2cc(N(c3ccc(C)cc3)c3ccc(C)cc3)ccc21. The lowest BCUT2D eigenvalue weighted by molar-refractivity contribution is 0.665. The van der Waals surface area contributed by atoms with Crippen molar-refractivity contribution in [1.29, 1.82) is 0 Å². The molecule has 3 nitrogen and oxygen atoms in total. The number of unbranched alkanes of at least 4 members (excludes halogenated alkanes) is 1. The van der Waals surface area contributed by atoms with Gasteiger partial charge in [-0.1, -0.05) is 84.1 Å². The van der Waals surface area contributed by atoms with Crippen LogP contribution in [0.1, 0.15) is 42.0 Å². The summed E-state index contributed by atoms with van der Waals surface area (Å²) >= 11 is 0. The predicted octanol–water partition coefficient (Wildman–Crippen LogP) is 12.8. The van der Waals surface area contributed by atoms with Crippen molar-refractivity contribution in [3.63, 3.8) is 0 Å². The zero-order valence-corrected chi connectivity index (χ0v) is 28.2. The molecule has 234 valence electrons. The topological polar surface area (TPSA) is 11.4 Å². The molecule has 1 aromatic heterocycles. The molecule has 0 N–H and O–H groups in total. The molecule has 0 saturated carbocycles. The Morgan fingerprint density at radius 2 is 0.702 bits per heavy atom. The van der Waals surface area contributed by atoms with E-state index in [-0.39, 0.29) is 0 Å². The van der Waals surface area contributed by atoms with Gasteiger partial charge in [0.05, 0.1) is 0 Å². The van der Waals surface area contributed by atoms with Crippen LogP contribution in [0.3, 0.4) is 0 Å². The number of anilines is 6. The van der Waals surface area contributed by atoms with E-state index in [0.717, 1.165) is 53.5 Å². The monoisotopic (exact) mass is 613 g/mol. The van der Waals surface area contributed by atoms with E-state index in [9.17, 15) is 0 Å². The summed E-state index contributed by atoms with van der Waals surface area (Å²) in [5.41, 5.74) is 14.5. The molecule has 7 rings (SSSR count). The van der Waals surface area contributed by atoms with Crippen LogP contribution >= 0.6 is 0 Å². The Hall–Kier alpha value is -5.28. The van der Waals surface area contributed by atoms with Gasteiger partial charge in [0.15, 0.2) is 0 Å². The Morgan fingerprint density at radius 1 is 0.404 bits per heavy atom. The summed E-state index contributed by atoms with van der Waals surface area (Å²) in [6.07, 6.45) is 2.29. The highest BCUT2D eigenvalue weighted by Crippen LogP contribution is 2.42. The zero-order valence-electron chi connectivity index (χ0n) is 28.2. The molecule has 0 saturated heterocycles. The van der Waals surface area contributed by atoms with Gasteiger partial charge in [0.1, 0.15) is 0 Å². The van der Waals surface area contributed by atoms with E-state index in [1.807, 2.05) is 0 Å². The van der Waals surface area contributed by atoms with E-state index < -0.39 is 0 Å². The van der Waals surface area contributed by atoms with Gasteiger partial charge in [-0.3, -0.25) is 0 Å². The van der Waals surface area contributed by atoms with Crippen molar-refractivity contribution in [2.75, 3.05) is 9.80 Å². The number of nitrogens with zero attached hydrogens (tertiary/aromatic N) is 3. The van der Waals surface area contributed by atoms with Crippen molar-refractivity contribution in [3.05, 3.63) is 156 Å². The number of rotatable bonds is 9. The molecule has 7 aromatic rings. The fourth-order valence-corrected chi connectivity index (χ4v) is 6.59. The molecule has 0 aliphatic heterocycles. The van der Waals surface area contributed by atoms with E-state index in [0.29, 0.717) is 0 Å². The Morgan fingerprint density at radius 3 is 1.00 bits per heavy atom. The van der Waals surface area contributed by atoms with Gasteiger partial charge in [0.2, 0.25) is 0 Å². The van der Waals surface area contributed by atoms with Gasteiger partial charge >= 0.3 is 0 Å². The summed E-state index contributed by atoms with van der Waals surface area (Å²) in [5.74, 6) is 0. The first-order chi connectivity index (χ1) is 22.9. The summed E-state index contributed by atoms with van der Waals surface area (Å²) in [4.78, 5) is 4.75. The van der Waals surface area contributed by atoms with Gasteiger partial charge in [0, 0.05) is 62.5 Å². The maximum atomic E-state index is 2.52. The van der Waals surface area contributed by atoms with Crippen molar-refractivity contribution in [3.8, 4) is 0 Å². The van der Waals surface area contributed by atoms with Gasteiger partial charge in [-0.2, -0.15) is 0 Å². The summed E-state index contributed by atoms with van der Waals surface area (Å²) < 4.78 is 2.52. The Kier molecular flexibility index (Phi) is 8.30. The van der Waals surface area contributed by atoms with Crippen molar-refractivity contribution >= 4 is 55.9 Å². The van der Waals surface area contributed by atoms with Gasteiger partial charge in [-0.15, -0.1) is 0 Å². The molecule has 3 heteroatoms. The van der Waals surface area contributed by atoms with Crippen LogP contribution in [0.2, 0.25) is 0 Å². The standard InChI is InChI=1S/C44H43N3/c1-6-7-28-45-43-26-24-39(46(35-16-8-31(2)9-17-35)36-18-10-32(3)11-19-36)29-41(43)42-30-40(25-27-44(42)45)47(37-20-12-33(4)13-21-37)38-22-14-34(5)15-23-38/h8-27,29-30H,6-7,28H2,1-5H3. The van der Waals surface area contributed by atoms with E-state index in [1.54, 1.807) is 0 Å².